The normalized spacial score (nSPS) is 17.1. The van der Waals surface area contributed by atoms with Gasteiger partial charge in [-0.15, -0.1) is 0 Å². The summed E-state index contributed by atoms with van der Waals surface area (Å²) in [5.74, 6) is 1.03. The molecule has 1 nitrogen and oxygen atoms in total. The van der Waals surface area contributed by atoms with E-state index >= 15 is 0 Å². The Balaban J connectivity index is 2.93. The minimum absolute atomic E-state index is 0.0793. The first kappa shape index (κ1) is 15.6. The van der Waals surface area contributed by atoms with Crippen LogP contribution in [0.1, 0.15) is 45.7 Å². The zero-order valence-corrected chi connectivity index (χ0v) is 13.8. The molecular formula is C20H26O. The van der Waals surface area contributed by atoms with Crippen LogP contribution in [0.15, 0.2) is 54.3 Å². The average molecular weight is 282 g/mol. The van der Waals surface area contributed by atoms with E-state index in [1.54, 1.807) is 0 Å². The van der Waals surface area contributed by atoms with Crippen LogP contribution in [0.5, 0.6) is 0 Å². The average Bonchev–Trinajstić information content (AvgIpc) is 2.70. The van der Waals surface area contributed by atoms with Crippen molar-refractivity contribution in [1.82, 2.24) is 0 Å². The molecular weight excluding hydrogens is 256 g/mol. The molecule has 21 heavy (non-hydrogen) atoms. The minimum Gasteiger partial charge on any atom is -0.508 e. The number of aliphatic hydroxyl groups excluding tert-OH is 1. The lowest BCUT2D eigenvalue weighted by molar-refractivity contribution is 0.277. The molecule has 0 spiro atoms. The van der Waals surface area contributed by atoms with Crippen LogP contribution in [0.4, 0.5) is 0 Å². The second-order valence-corrected chi connectivity index (χ2v) is 6.46. The number of rotatable bonds is 4. The Morgan fingerprint density at radius 3 is 2.19 bits per heavy atom. The molecule has 0 aromatic heterocycles. The second kappa shape index (κ2) is 5.55. The molecule has 0 aliphatic heterocycles. The van der Waals surface area contributed by atoms with Crippen molar-refractivity contribution in [2.75, 3.05) is 0 Å². The van der Waals surface area contributed by atoms with E-state index in [0.29, 0.717) is 11.8 Å². The van der Waals surface area contributed by atoms with E-state index in [-0.39, 0.29) is 11.2 Å². The van der Waals surface area contributed by atoms with Gasteiger partial charge in [-0.05, 0) is 35.5 Å². The van der Waals surface area contributed by atoms with E-state index in [1.807, 2.05) is 13.0 Å². The summed E-state index contributed by atoms with van der Waals surface area (Å²) in [6.45, 7) is 14.9. The van der Waals surface area contributed by atoms with Crippen LogP contribution in [0.2, 0.25) is 0 Å². The first-order valence-electron chi connectivity index (χ1n) is 7.74. The van der Waals surface area contributed by atoms with Crippen molar-refractivity contribution >= 4 is 5.57 Å². The SMILES string of the molecule is C=C(O)C1=C(/C=C\C)C(C(C)C)(C(C)C)c2ccccc21. The quantitative estimate of drug-likeness (QED) is 0.707. The molecule has 0 fully saturated rings. The molecule has 1 aromatic rings. The van der Waals surface area contributed by atoms with Crippen molar-refractivity contribution in [3.63, 3.8) is 0 Å². The molecule has 0 heterocycles. The fraction of sp³-hybridized carbons (Fsp3) is 0.400. The molecule has 0 radical (unpaired) electrons. The van der Waals surface area contributed by atoms with Gasteiger partial charge in [0, 0.05) is 11.0 Å². The van der Waals surface area contributed by atoms with E-state index in [0.717, 1.165) is 11.1 Å². The summed E-state index contributed by atoms with van der Waals surface area (Å²) in [6, 6.07) is 8.43. The van der Waals surface area contributed by atoms with E-state index in [9.17, 15) is 5.11 Å². The Bertz CT molecular complexity index is 606. The Hall–Kier alpha value is -1.76. The zero-order chi connectivity index (χ0) is 15.8. The molecule has 1 heteroatoms. The highest BCUT2D eigenvalue weighted by atomic mass is 16.3. The third-order valence-corrected chi connectivity index (χ3v) is 4.80. The predicted molar refractivity (Wildman–Crippen MR) is 91.3 cm³/mol. The third kappa shape index (κ3) is 2.07. The van der Waals surface area contributed by atoms with E-state index in [2.05, 4.69) is 64.6 Å². The fourth-order valence-electron chi connectivity index (χ4n) is 4.17. The smallest absolute Gasteiger partial charge is 0.116 e. The molecule has 0 saturated heterocycles. The summed E-state index contributed by atoms with van der Waals surface area (Å²) in [5.41, 5.74) is 4.47. The third-order valence-electron chi connectivity index (χ3n) is 4.80. The maximum absolute atomic E-state index is 10.2. The van der Waals surface area contributed by atoms with Gasteiger partial charge in [0.05, 0.1) is 0 Å². The minimum atomic E-state index is -0.0793. The summed E-state index contributed by atoms with van der Waals surface area (Å²) in [7, 11) is 0. The van der Waals surface area contributed by atoms with Crippen molar-refractivity contribution in [2.45, 2.75) is 40.0 Å². The molecule has 0 unspecified atom stereocenters. The number of hydrogen-bond donors (Lipinski definition) is 1. The van der Waals surface area contributed by atoms with Gasteiger partial charge in [-0.2, -0.15) is 0 Å². The molecule has 1 aliphatic rings. The maximum Gasteiger partial charge on any atom is 0.116 e. The molecule has 0 saturated carbocycles. The molecule has 1 N–H and O–H groups in total. The van der Waals surface area contributed by atoms with Gasteiger partial charge >= 0.3 is 0 Å². The molecule has 112 valence electrons. The van der Waals surface area contributed by atoms with Gasteiger partial charge < -0.3 is 5.11 Å². The summed E-state index contributed by atoms with van der Waals surface area (Å²) in [6.07, 6.45) is 4.21. The highest BCUT2D eigenvalue weighted by Crippen LogP contribution is 2.56. The van der Waals surface area contributed by atoms with E-state index < -0.39 is 0 Å². The van der Waals surface area contributed by atoms with Crippen molar-refractivity contribution in [3.05, 3.63) is 65.5 Å². The van der Waals surface area contributed by atoms with Gasteiger partial charge in [0.2, 0.25) is 0 Å². The van der Waals surface area contributed by atoms with Crippen LogP contribution in [-0.4, -0.2) is 5.11 Å². The number of fused-ring (bicyclic) bond motifs is 1. The summed E-state index contributed by atoms with van der Waals surface area (Å²) in [4.78, 5) is 0. The van der Waals surface area contributed by atoms with Crippen LogP contribution in [-0.2, 0) is 5.41 Å². The topological polar surface area (TPSA) is 20.2 Å². The Labute approximate surface area is 128 Å². The molecule has 1 aliphatic carbocycles. The Morgan fingerprint density at radius 2 is 1.71 bits per heavy atom. The standard InChI is InChI=1S/C20H26O/c1-7-10-18-19(15(6)21)16-11-8-9-12-17(16)20(18,13(2)3)14(4)5/h7-14,21H,6H2,1-5H3/b10-7-. The number of aliphatic hydroxyl groups is 1. The van der Waals surface area contributed by atoms with Crippen LogP contribution in [0.25, 0.3) is 5.57 Å². The summed E-state index contributed by atoms with van der Waals surface area (Å²) < 4.78 is 0. The lowest BCUT2D eigenvalue weighted by Crippen LogP contribution is -2.38. The molecule has 2 rings (SSSR count). The van der Waals surface area contributed by atoms with Gasteiger partial charge in [-0.3, -0.25) is 0 Å². The second-order valence-electron chi connectivity index (χ2n) is 6.46. The molecule has 0 bridgehead atoms. The lowest BCUT2D eigenvalue weighted by atomic mass is 9.62. The highest BCUT2D eigenvalue weighted by molar-refractivity contribution is 5.89. The van der Waals surface area contributed by atoms with Crippen LogP contribution >= 0.6 is 0 Å². The van der Waals surface area contributed by atoms with Crippen molar-refractivity contribution in [1.29, 1.82) is 0 Å². The van der Waals surface area contributed by atoms with Gasteiger partial charge in [0.1, 0.15) is 5.76 Å². The van der Waals surface area contributed by atoms with Crippen molar-refractivity contribution < 1.29 is 5.11 Å². The van der Waals surface area contributed by atoms with Gasteiger partial charge in [0.25, 0.3) is 0 Å². The van der Waals surface area contributed by atoms with Crippen LogP contribution in [0.3, 0.4) is 0 Å². The van der Waals surface area contributed by atoms with E-state index in [4.69, 9.17) is 0 Å². The number of hydrogen-bond acceptors (Lipinski definition) is 1. The van der Waals surface area contributed by atoms with Crippen molar-refractivity contribution in [2.24, 2.45) is 11.8 Å². The molecule has 0 atom stereocenters. The van der Waals surface area contributed by atoms with E-state index in [1.165, 1.54) is 11.1 Å². The van der Waals surface area contributed by atoms with Crippen molar-refractivity contribution in [3.8, 4) is 0 Å². The first-order chi connectivity index (χ1) is 9.88. The largest absolute Gasteiger partial charge is 0.508 e. The number of benzene rings is 1. The monoisotopic (exact) mass is 282 g/mol. The summed E-state index contributed by atoms with van der Waals surface area (Å²) in [5, 5.41) is 10.2. The highest BCUT2D eigenvalue weighted by Gasteiger charge is 2.48. The maximum atomic E-state index is 10.2. The Kier molecular flexibility index (Phi) is 4.13. The lowest BCUT2D eigenvalue weighted by Gasteiger charge is -2.41. The Morgan fingerprint density at radius 1 is 1.14 bits per heavy atom. The van der Waals surface area contributed by atoms with Crippen LogP contribution < -0.4 is 0 Å². The molecule has 0 amide bonds. The first-order valence-corrected chi connectivity index (χ1v) is 7.74. The van der Waals surface area contributed by atoms with Gasteiger partial charge in [-0.1, -0.05) is 70.7 Å². The van der Waals surface area contributed by atoms with Crippen LogP contribution in [0, 0.1) is 11.8 Å². The molecule has 1 aromatic carbocycles. The fourth-order valence-corrected chi connectivity index (χ4v) is 4.17. The van der Waals surface area contributed by atoms with Gasteiger partial charge in [-0.25, -0.2) is 0 Å². The number of allylic oxidation sites excluding steroid dienone is 4. The summed E-state index contributed by atoms with van der Waals surface area (Å²) >= 11 is 0. The predicted octanol–water partition coefficient (Wildman–Crippen LogP) is 5.65. The zero-order valence-electron chi connectivity index (χ0n) is 13.8. The van der Waals surface area contributed by atoms with Gasteiger partial charge in [0.15, 0.2) is 0 Å².